The van der Waals surface area contributed by atoms with Crippen LogP contribution in [0.5, 0.6) is 0 Å². The number of hydrogen-bond acceptors (Lipinski definition) is 5. The van der Waals surface area contributed by atoms with Crippen LogP contribution in [0, 0.1) is 5.92 Å². The van der Waals surface area contributed by atoms with Crippen LogP contribution in [-0.4, -0.2) is 40.1 Å². The molecule has 0 bridgehead atoms. The molecule has 3 rings (SSSR count). The van der Waals surface area contributed by atoms with Gasteiger partial charge in [0.15, 0.2) is 0 Å². The van der Waals surface area contributed by atoms with Crippen LogP contribution in [0.2, 0.25) is 0 Å². The number of likely N-dealkylation sites (tertiary alicyclic amines) is 1. The fraction of sp³-hybridized carbons (Fsp3) is 0.769. The van der Waals surface area contributed by atoms with Gasteiger partial charge in [0.05, 0.1) is 12.6 Å². The van der Waals surface area contributed by atoms with Crippen LogP contribution in [0.15, 0.2) is 5.51 Å². The number of carbonyl (C=O) groups excluding carboxylic acids is 1. The van der Waals surface area contributed by atoms with Gasteiger partial charge in [0, 0.05) is 6.04 Å². The third-order valence-corrected chi connectivity index (χ3v) is 5.17. The molecule has 1 aliphatic carbocycles. The lowest BCUT2D eigenvalue weighted by molar-refractivity contribution is -0.136. The molecule has 2 aliphatic rings. The summed E-state index contributed by atoms with van der Waals surface area (Å²) in [5.41, 5.74) is 1.74. The van der Waals surface area contributed by atoms with Crippen molar-refractivity contribution in [3.63, 3.8) is 0 Å². The summed E-state index contributed by atoms with van der Waals surface area (Å²) in [6, 6.07) is 0.383. The van der Waals surface area contributed by atoms with Gasteiger partial charge in [-0.1, -0.05) is 6.42 Å². The van der Waals surface area contributed by atoms with Crippen molar-refractivity contribution in [2.45, 2.75) is 50.7 Å². The van der Waals surface area contributed by atoms with Crippen LogP contribution in [0.4, 0.5) is 0 Å². The minimum Gasteiger partial charge on any atom is -0.331 e. The van der Waals surface area contributed by atoms with Crippen LogP contribution in [0.3, 0.4) is 0 Å². The zero-order chi connectivity index (χ0) is 13.2. The molecule has 6 heteroatoms. The average Bonchev–Trinajstić information content (AvgIpc) is 3.05. The van der Waals surface area contributed by atoms with Crippen molar-refractivity contribution in [3.8, 4) is 0 Å². The summed E-state index contributed by atoms with van der Waals surface area (Å²) in [5, 5.41) is 12.1. The number of rotatable bonds is 3. The first-order chi connectivity index (χ1) is 9.29. The van der Waals surface area contributed by atoms with Gasteiger partial charge in [0.25, 0.3) is 0 Å². The Morgan fingerprint density at radius 2 is 2.32 bits per heavy atom. The summed E-state index contributed by atoms with van der Waals surface area (Å²) in [5.74, 6) is 0.919. The molecule has 1 amide bonds. The monoisotopic (exact) mass is 280 g/mol. The minimum absolute atomic E-state index is 0.0291. The standard InChI is InChI=1S/C13H20N4OS/c1-14-10-6-5-9-3-2-4-11(9)17(13(10)18)7-12-16-15-8-19-12/h8-11,14H,2-7H2,1H3. The predicted molar refractivity (Wildman–Crippen MR) is 73.7 cm³/mol. The average molecular weight is 280 g/mol. The predicted octanol–water partition coefficient (Wildman–Crippen LogP) is 1.42. The molecule has 1 aromatic rings. The summed E-state index contributed by atoms with van der Waals surface area (Å²) in [6.07, 6.45) is 5.78. The molecular weight excluding hydrogens is 260 g/mol. The topological polar surface area (TPSA) is 58.1 Å². The van der Waals surface area contributed by atoms with Gasteiger partial charge in [0.1, 0.15) is 10.5 Å². The Labute approximate surface area is 117 Å². The zero-order valence-corrected chi connectivity index (χ0v) is 12.0. The Bertz CT molecular complexity index is 436. The number of amides is 1. The lowest BCUT2D eigenvalue weighted by atomic mass is 9.97. The normalized spacial score (nSPS) is 31.3. The number of likely N-dealkylation sites (N-methyl/N-ethyl adjacent to an activating group) is 1. The molecule has 2 heterocycles. The molecule has 0 aromatic carbocycles. The summed E-state index contributed by atoms with van der Waals surface area (Å²) in [7, 11) is 1.88. The van der Waals surface area contributed by atoms with Crippen molar-refractivity contribution in [1.29, 1.82) is 0 Å². The van der Waals surface area contributed by atoms with Crippen molar-refractivity contribution in [2.24, 2.45) is 5.92 Å². The molecule has 1 N–H and O–H groups in total. The van der Waals surface area contributed by atoms with Gasteiger partial charge in [0.2, 0.25) is 5.91 Å². The van der Waals surface area contributed by atoms with Gasteiger partial charge >= 0.3 is 0 Å². The number of fused-ring (bicyclic) bond motifs is 1. The van der Waals surface area contributed by atoms with Gasteiger partial charge in [-0.3, -0.25) is 4.79 Å². The lowest BCUT2D eigenvalue weighted by Gasteiger charge is -2.31. The first kappa shape index (κ1) is 13.0. The summed E-state index contributed by atoms with van der Waals surface area (Å²) >= 11 is 1.53. The third kappa shape index (κ3) is 2.51. The van der Waals surface area contributed by atoms with Gasteiger partial charge in [-0.25, -0.2) is 0 Å². The second kappa shape index (κ2) is 5.54. The fourth-order valence-corrected chi connectivity index (χ4v) is 4.03. The summed E-state index contributed by atoms with van der Waals surface area (Å²) < 4.78 is 0. The number of hydrogen-bond donors (Lipinski definition) is 1. The molecule has 1 saturated carbocycles. The van der Waals surface area contributed by atoms with E-state index in [0.29, 0.717) is 18.5 Å². The van der Waals surface area contributed by atoms with E-state index < -0.39 is 0 Å². The molecule has 5 nitrogen and oxygen atoms in total. The molecule has 3 unspecified atom stereocenters. The van der Waals surface area contributed by atoms with Crippen molar-refractivity contribution in [2.75, 3.05) is 7.05 Å². The smallest absolute Gasteiger partial charge is 0.240 e. The molecule has 1 aromatic heterocycles. The van der Waals surface area contributed by atoms with E-state index in [-0.39, 0.29) is 11.9 Å². The Morgan fingerprint density at radius 3 is 3.05 bits per heavy atom. The van der Waals surface area contributed by atoms with Gasteiger partial charge < -0.3 is 10.2 Å². The van der Waals surface area contributed by atoms with Gasteiger partial charge in [-0.15, -0.1) is 21.5 Å². The number of carbonyl (C=O) groups is 1. The van der Waals surface area contributed by atoms with Crippen molar-refractivity contribution in [1.82, 2.24) is 20.4 Å². The Hall–Kier alpha value is -1.01. The molecule has 1 saturated heterocycles. The first-order valence-electron chi connectivity index (χ1n) is 7.02. The largest absolute Gasteiger partial charge is 0.331 e. The minimum atomic E-state index is -0.0291. The van der Waals surface area contributed by atoms with E-state index in [1.54, 1.807) is 5.51 Å². The van der Waals surface area contributed by atoms with Crippen LogP contribution in [0.25, 0.3) is 0 Å². The molecule has 2 fully saturated rings. The molecular formula is C13H20N4OS. The maximum absolute atomic E-state index is 12.7. The Kier molecular flexibility index (Phi) is 3.79. The van der Waals surface area contributed by atoms with Crippen LogP contribution in [0.1, 0.15) is 37.1 Å². The third-order valence-electron chi connectivity index (χ3n) is 4.49. The number of nitrogens with one attached hydrogen (secondary N) is 1. The maximum Gasteiger partial charge on any atom is 0.240 e. The highest BCUT2D eigenvalue weighted by atomic mass is 32.1. The van der Waals surface area contributed by atoms with Crippen LogP contribution >= 0.6 is 11.3 Å². The van der Waals surface area contributed by atoms with Gasteiger partial charge in [-0.05, 0) is 38.6 Å². The summed E-state index contributed by atoms with van der Waals surface area (Å²) in [6.45, 7) is 0.628. The SMILES string of the molecule is CNC1CCC2CCCC2N(Cc2nncs2)C1=O. The Balaban J connectivity index is 1.84. The highest BCUT2D eigenvalue weighted by Crippen LogP contribution is 2.37. The summed E-state index contributed by atoms with van der Waals surface area (Å²) in [4.78, 5) is 14.7. The second-order valence-electron chi connectivity index (χ2n) is 5.48. The van der Waals surface area contributed by atoms with E-state index in [4.69, 9.17) is 0 Å². The molecule has 104 valence electrons. The molecule has 0 spiro atoms. The van der Waals surface area contributed by atoms with E-state index in [1.165, 1.54) is 24.2 Å². The highest BCUT2D eigenvalue weighted by Gasteiger charge is 2.40. The second-order valence-corrected chi connectivity index (χ2v) is 6.39. The molecule has 0 radical (unpaired) electrons. The number of nitrogens with zero attached hydrogens (tertiary/aromatic N) is 3. The van der Waals surface area contributed by atoms with E-state index in [9.17, 15) is 4.79 Å². The lowest BCUT2D eigenvalue weighted by Crippen LogP contribution is -2.47. The quantitative estimate of drug-likeness (QED) is 0.909. The number of aromatic nitrogens is 2. The van der Waals surface area contributed by atoms with Crippen molar-refractivity contribution >= 4 is 17.2 Å². The van der Waals surface area contributed by atoms with Crippen molar-refractivity contribution in [3.05, 3.63) is 10.5 Å². The Morgan fingerprint density at radius 1 is 1.42 bits per heavy atom. The van der Waals surface area contributed by atoms with Crippen LogP contribution < -0.4 is 5.32 Å². The maximum atomic E-state index is 12.7. The van der Waals surface area contributed by atoms with E-state index in [2.05, 4.69) is 20.4 Å². The zero-order valence-electron chi connectivity index (χ0n) is 11.2. The van der Waals surface area contributed by atoms with Crippen molar-refractivity contribution < 1.29 is 4.79 Å². The first-order valence-corrected chi connectivity index (χ1v) is 7.90. The molecule has 3 atom stereocenters. The van der Waals surface area contributed by atoms with E-state index >= 15 is 0 Å². The van der Waals surface area contributed by atoms with Crippen LogP contribution in [-0.2, 0) is 11.3 Å². The van der Waals surface area contributed by atoms with Gasteiger partial charge in [-0.2, -0.15) is 0 Å². The molecule has 19 heavy (non-hydrogen) atoms. The highest BCUT2D eigenvalue weighted by molar-refractivity contribution is 7.09. The van der Waals surface area contributed by atoms with E-state index in [0.717, 1.165) is 24.3 Å². The van der Waals surface area contributed by atoms with E-state index in [1.807, 2.05) is 7.05 Å². The fourth-order valence-electron chi connectivity index (χ4n) is 3.51. The molecule has 1 aliphatic heterocycles.